The predicted molar refractivity (Wildman–Crippen MR) is 113 cm³/mol. The Bertz CT molecular complexity index is 1190. The molecule has 146 valence electrons. The molecule has 0 atom stereocenters. The van der Waals surface area contributed by atoms with Crippen LogP contribution in [-0.4, -0.2) is 26.1 Å². The molecular formula is C21H16ClN3O3S. The maximum absolute atomic E-state index is 12.9. The molecule has 6 nitrogen and oxygen atoms in total. The van der Waals surface area contributed by atoms with Crippen LogP contribution < -0.4 is 5.32 Å². The molecular weight excluding hydrogens is 410 g/mol. The molecule has 4 N–H and O–H groups in total. The van der Waals surface area contributed by atoms with Crippen molar-refractivity contribution in [2.75, 3.05) is 0 Å². The van der Waals surface area contributed by atoms with Gasteiger partial charge in [-0.3, -0.25) is 4.79 Å². The summed E-state index contributed by atoms with van der Waals surface area (Å²) in [6.07, 6.45) is 1.66. The maximum Gasteiger partial charge on any atom is 0.269 e. The molecule has 4 aromatic rings. The zero-order valence-electron chi connectivity index (χ0n) is 15.0. The largest absolute Gasteiger partial charge is 0.504 e. The average Bonchev–Trinajstić information content (AvgIpc) is 3.09. The summed E-state index contributed by atoms with van der Waals surface area (Å²) < 4.78 is 0. The topological polar surface area (TPSA) is 98.2 Å². The van der Waals surface area contributed by atoms with E-state index in [1.54, 1.807) is 24.4 Å². The third-order valence-corrected chi connectivity index (χ3v) is 5.66. The van der Waals surface area contributed by atoms with Gasteiger partial charge in [0.25, 0.3) is 5.91 Å². The number of fused-ring (bicyclic) bond motifs is 1. The number of benzene rings is 2. The van der Waals surface area contributed by atoms with Crippen molar-refractivity contribution in [1.29, 1.82) is 0 Å². The Morgan fingerprint density at radius 3 is 2.66 bits per heavy atom. The maximum atomic E-state index is 12.9. The number of nitrogens with zero attached hydrogens (tertiary/aromatic N) is 1. The number of rotatable bonds is 5. The summed E-state index contributed by atoms with van der Waals surface area (Å²) in [6, 6.07) is 15.5. The van der Waals surface area contributed by atoms with Crippen molar-refractivity contribution < 1.29 is 15.0 Å². The molecule has 29 heavy (non-hydrogen) atoms. The molecule has 0 saturated heterocycles. The summed E-state index contributed by atoms with van der Waals surface area (Å²) in [5.41, 5.74) is 1.69. The van der Waals surface area contributed by atoms with Crippen LogP contribution in [0.5, 0.6) is 11.5 Å². The van der Waals surface area contributed by atoms with Crippen molar-refractivity contribution in [3.05, 3.63) is 77.1 Å². The van der Waals surface area contributed by atoms with Crippen molar-refractivity contribution in [1.82, 2.24) is 15.3 Å². The Morgan fingerprint density at radius 1 is 1.10 bits per heavy atom. The molecule has 2 aromatic heterocycles. The first-order valence-electron chi connectivity index (χ1n) is 8.70. The molecule has 0 fully saturated rings. The minimum absolute atomic E-state index is 0.195. The third-order valence-electron chi connectivity index (χ3n) is 4.28. The Morgan fingerprint density at radius 2 is 1.90 bits per heavy atom. The van der Waals surface area contributed by atoms with Crippen LogP contribution in [0, 0.1) is 0 Å². The van der Waals surface area contributed by atoms with E-state index in [2.05, 4.69) is 15.3 Å². The van der Waals surface area contributed by atoms with Gasteiger partial charge in [-0.1, -0.05) is 29.4 Å². The average molecular weight is 426 g/mol. The highest BCUT2D eigenvalue weighted by molar-refractivity contribution is 7.99. The van der Waals surface area contributed by atoms with E-state index >= 15 is 0 Å². The molecule has 0 aliphatic rings. The lowest BCUT2D eigenvalue weighted by molar-refractivity contribution is 0.0943. The molecule has 2 heterocycles. The first kappa shape index (κ1) is 19.2. The summed E-state index contributed by atoms with van der Waals surface area (Å²) in [5.74, 6) is -0.735. The summed E-state index contributed by atoms with van der Waals surface area (Å²) in [6.45, 7) is 0.195. The number of H-pyrrole nitrogens is 1. The standard InChI is InChI=1S/C21H16ClN3O3S/c22-13-4-6-14(7-5-13)29-19-15-2-1-9-23-20(15)25-18(19)21(28)24-11-12-3-8-16(26)17(27)10-12/h1-10,26-27H,11H2,(H,23,25)(H,24,28). The molecule has 2 aromatic carbocycles. The molecule has 0 bridgehead atoms. The Kier molecular flexibility index (Phi) is 5.33. The summed E-state index contributed by atoms with van der Waals surface area (Å²) in [4.78, 5) is 22.0. The number of phenols is 2. The summed E-state index contributed by atoms with van der Waals surface area (Å²) in [5, 5.41) is 23.4. The summed E-state index contributed by atoms with van der Waals surface area (Å²) >= 11 is 7.42. The quantitative estimate of drug-likeness (QED) is 0.347. The number of amides is 1. The fraction of sp³-hybridized carbons (Fsp3) is 0.0476. The van der Waals surface area contributed by atoms with E-state index in [0.29, 0.717) is 21.9 Å². The lowest BCUT2D eigenvalue weighted by Gasteiger charge is -2.08. The predicted octanol–water partition coefficient (Wildman–Crippen LogP) is 4.71. The van der Waals surface area contributed by atoms with E-state index < -0.39 is 0 Å². The fourth-order valence-corrected chi connectivity index (χ4v) is 3.99. The number of carbonyl (C=O) groups is 1. The smallest absolute Gasteiger partial charge is 0.269 e. The SMILES string of the molecule is O=C(NCc1ccc(O)c(O)c1)c1[nH]c2ncccc2c1Sc1ccc(Cl)cc1. The molecule has 4 rings (SSSR count). The number of nitrogens with one attached hydrogen (secondary N) is 2. The number of aromatic nitrogens is 2. The van der Waals surface area contributed by atoms with E-state index in [1.807, 2.05) is 24.3 Å². The first-order valence-corrected chi connectivity index (χ1v) is 9.90. The molecule has 0 saturated carbocycles. The van der Waals surface area contributed by atoms with E-state index in [9.17, 15) is 15.0 Å². The van der Waals surface area contributed by atoms with E-state index in [0.717, 1.165) is 15.2 Å². The molecule has 0 unspecified atom stereocenters. The fourth-order valence-electron chi connectivity index (χ4n) is 2.83. The van der Waals surface area contributed by atoms with Gasteiger partial charge in [0.15, 0.2) is 11.5 Å². The van der Waals surface area contributed by atoms with Gasteiger partial charge in [-0.25, -0.2) is 4.98 Å². The zero-order chi connectivity index (χ0) is 20.4. The van der Waals surface area contributed by atoms with Gasteiger partial charge in [0.1, 0.15) is 11.3 Å². The van der Waals surface area contributed by atoms with Gasteiger partial charge in [0, 0.05) is 28.0 Å². The van der Waals surface area contributed by atoms with Gasteiger partial charge < -0.3 is 20.5 Å². The second kappa shape index (κ2) is 8.06. The number of phenolic OH excluding ortho intramolecular Hbond substituents is 2. The van der Waals surface area contributed by atoms with Crippen LogP contribution in [0.1, 0.15) is 16.1 Å². The molecule has 0 spiro atoms. The number of aromatic amines is 1. The van der Waals surface area contributed by atoms with Crippen LogP contribution in [0.25, 0.3) is 11.0 Å². The third kappa shape index (κ3) is 4.16. The molecule has 0 radical (unpaired) electrons. The van der Waals surface area contributed by atoms with Gasteiger partial charge in [-0.05, 0) is 54.1 Å². The Labute approximate surface area is 175 Å². The molecule has 0 aliphatic heterocycles. The number of hydrogen-bond donors (Lipinski definition) is 4. The zero-order valence-corrected chi connectivity index (χ0v) is 16.6. The van der Waals surface area contributed by atoms with E-state index in [4.69, 9.17) is 11.6 Å². The van der Waals surface area contributed by atoms with Crippen LogP contribution in [-0.2, 0) is 6.54 Å². The van der Waals surface area contributed by atoms with Crippen molar-refractivity contribution in [2.45, 2.75) is 16.3 Å². The molecule has 8 heteroatoms. The minimum Gasteiger partial charge on any atom is -0.504 e. The van der Waals surface area contributed by atoms with Crippen molar-refractivity contribution >= 4 is 40.3 Å². The molecule has 1 amide bonds. The Hall–Kier alpha value is -3.16. The van der Waals surface area contributed by atoms with E-state index in [-0.39, 0.29) is 24.0 Å². The highest BCUT2D eigenvalue weighted by Crippen LogP contribution is 2.36. The number of aromatic hydroxyl groups is 2. The number of pyridine rings is 1. The van der Waals surface area contributed by atoms with Gasteiger partial charge in [0.2, 0.25) is 0 Å². The van der Waals surface area contributed by atoms with Crippen LogP contribution in [0.3, 0.4) is 0 Å². The normalized spacial score (nSPS) is 10.9. The highest BCUT2D eigenvalue weighted by atomic mass is 35.5. The minimum atomic E-state index is -0.299. The Balaban J connectivity index is 1.62. The van der Waals surface area contributed by atoms with Crippen LogP contribution >= 0.6 is 23.4 Å². The van der Waals surface area contributed by atoms with Crippen molar-refractivity contribution in [3.63, 3.8) is 0 Å². The second-order valence-corrected chi connectivity index (χ2v) is 7.81. The highest BCUT2D eigenvalue weighted by Gasteiger charge is 2.19. The van der Waals surface area contributed by atoms with E-state index in [1.165, 1.54) is 23.9 Å². The number of hydrogen-bond acceptors (Lipinski definition) is 5. The lowest BCUT2D eigenvalue weighted by Crippen LogP contribution is -2.23. The number of halogens is 1. The number of carbonyl (C=O) groups excluding carboxylic acids is 1. The van der Waals surface area contributed by atoms with Crippen LogP contribution in [0.2, 0.25) is 5.02 Å². The van der Waals surface area contributed by atoms with Gasteiger partial charge in [-0.15, -0.1) is 0 Å². The molecule has 0 aliphatic carbocycles. The van der Waals surface area contributed by atoms with Gasteiger partial charge in [-0.2, -0.15) is 0 Å². The lowest BCUT2D eigenvalue weighted by atomic mass is 10.2. The van der Waals surface area contributed by atoms with Crippen molar-refractivity contribution in [3.8, 4) is 11.5 Å². The van der Waals surface area contributed by atoms with Crippen LogP contribution in [0.15, 0.2) is 70.6 Å². The van der Waals surface area contributed by atoms with Gasteiger partial charge in [0.05, 0.1) is 4.90 Å². The second-order valence-electron chi connectivity index (χ2n) is 6.29. The van der Waals surface area contributed by atoms with Crippen LogP contribution in [0.4, 0.5) is 0 Å². The summed E-state index contributed by atoms with van der Waals surface area (Å²) in [7, 11) is 0. The monoisotopic (exact) mass is 425 g/mol. The van der Waals surface area contributed by atoms with Crippen molar-refractivity contribution in [2.24, 2.45) is 0 Å². The van der Waals surface area contributed by atoms with Gasteiger partial charge >= 0.3 is 0 Å². The first-order chi connectivity index (χ1) is 14.0.